The third-order valence-electron chi connectivity index (χ3n) is 3.12. The standard InChI is InChI=1S/C15H15BrN4O/c1-9-7-15(18-10(2)17-9)20-19-13-5-6-21-14-4-3-11(16)8-12(13)14/h3-4,7-8H,5-6H2,1-2H3,(H,17,18,20)/b19-13-. The van der Waals surface area contributed by atoms with Gasteiger partial charge in [-0.15, -0.1) is 0 Å². The van der Waals surface area contributed by atoms with Gasteiger partial charge >= 0.3 is 0 Å². The maximum atomic E-state index is 5.64. The molecule has 0 aliphatic carbocycles. The Hall–Kier alpha value is -1.95. The second kappa shape index (κ2) is 5.81. The van der Waals surface area contributed by atoms with Gasteiger partial charge in [0, 0.05) is 28.2 Å². The first kappa shape index (κ1) is 14.0. The van der Waals surface area contributed by atoms with Crippen molar-refractivity contribution in [1.82, 2.24) is 9.97 Å². The summed E-state index contributed by atoms with van der Waals surface area (Å²) >= 11 is 3.48. The first-order chi connectivity index (χ1) is 10.1. The summed E-state index contributed by atoms with van der Waals surface area (Å²) in [5.41, 5.74) is 5.91. The fraction of sp³-hybridized carbons (Fsp3) is 0.267. The number of aryl methyl sites for hydroxylation is 2. The van der Waals surface area contributed by atoms with E-state index in [0.29, 0.717) is 12.4 Å². The molecule has 1 aliphatic heterocycles. The zero-order valence-electron chi connectivity index (χ0n) is 11.9. The average Bonchev–Trinajstić information content (AvgIpc) is 2.44. The molecule has 5 nitrogen and oxygen atoms in total. The van der Waals surface area contributed by atoms with Crippen molar-refractivity contribution >= 4 is 27.5 Å². The van der Waals surface area contributed by atoms with Gasteiger partial charge in [-0.3, -0.25) is 5.43 Å². The van der Waals surface area contributed by atoms with Crippen LogP contribution in [-0.2, 0) is 0 Å². The molecule has 0 atom stereocenters. The molecule has 0 saturated carbocycles. The summed E-state index contributed by atoms with van der Waals surface area (Å²) in [5, 5.41) is 4.49. The molecule has 6 heteroatoms. The van der Waals surface area contributed by atoms with E-state index in [9.17, 15) is 0 Å². The van der Waals surface area contributed by atoms with E-state index < -0.39 is 0 Å². The fourth-order valence-corrected chi connectivity index (χ4v) is 2.62. The first-order valence-corrected chi connectivity index (χ1v) is 7.49. The van der Waals surface area contributed by atoms with Crippen LogP contribution in [0.2, 0.25) is 0 Å². The first-order valence-electron chi connectivity index (χ1n) is 6.69. The Labute approximate surface area is 131 Å². The van der Waals surface area contributed by atoms with Crippen molar-refractivity contribution in [2.75, 3.05) is 12.0 Å². The monoisotopic (exact) mass is 346 g/mol. The number of nitrogens with one attached hydrogen (secondary N) is 1. The molecule has 0 bridgehead atoms. The van der Waals surface area contributed by atoms with E-state index in [4.69, 9.17) is 4.74 Å². The molecule has 1 aromatic carbocycles. The zero-order valence-corrected chi connectivity index (χ0v) is 13.4. The second-order valence-corrected chi connectivity index (χ2v) is 5.77. The SMILES string of the molecule is Cc1cc(N/N=C2/CCOc3ccc(Br)cc32)nc(C)n1. The number of hydrogen-bond donors (Lipinski definition) is 1. The van der Waals surface area contributed by atoms with Gasteiger partial charge in [0.1, 0.15) is 17.4 Å². The van der Waals surface area contributed by atoms with Crippen LogP contribution >= 0.6 is 15.9 Å². The molecule has 1 N–H and O–H groups in total. The minimum absolute atomic E-state index is 0.636. The third-order valence-corrected chi connectivity index (χ3v) is 3.61. The lowest BCUT2D eigenvalue weighted by atomic mass is 10.0. The van der Waals surface area contributed by atoms with E-state index in [1.54, 1.807) is 0 Å². The van der Waals surface area contributed by atoms with Crippen LogP contribution in [0.25, 0.3) is 0 Å². The van der Waals surface area contributed by atoms with Crippen LogP contribution < -0.4 is 10.2 Å². The molecule has 108 valence electrons. The molecule has 0 amide bonds. The summed E-state index contributed by atoms with van der Waals surface area (Å²) in [4.78, 5) is 8.57. The highest BCUT2D eigenvalue weighted by molar-refractivity contribution is 9.10. The number of nitrogens with zero attached hydrogens (tertiary/aromatic N) is 3. The van der Waals surface area contributed by atoms with Gasteiger partial charge in [0.15, 0.2) is 0 Å². The summed E-state index contributed by atoms with van der Waals surface area (Å²) in [6, 6.07) is 7.81. The number of fused-ring (bicyclic) bond motifs is 1. The van der Waals surface area contributed by atoms with Crippen molar-refractivity contribution in [3.8, 4) is 5.75 Å². The van der Waals surface area contributed by atoms with Gasteiger partial charge < -0.3 is 4.74 Å². The van der Waals surface area contributed by atoms with Gasteiger partial charge in [0.2, 0.25) is 0 Å². The molecular weight excluding hydrogens is 332 g/mol. The van der Waals surface area contributed by atoms with Crippen molar-refractivity contribution in [1.29, 1.82) is 0 Å². The molecule has 0 radical (unpaired) electrons. The smallest absolute Gasteiger partial charge is 0.150 e. The third kappa shape index (κ3) is 3.21. The van der Waals surface area contributed by atoms with Crippen LogP contribution in [0.1, 0.15) is 23.5 Å². The summed E-state index contributed by atoms with van der Waals surface area (Å²) < 4.78 is 6.65. The second-order valence-electron chi connectivity index (χ2n) is 4.85. The normalized spacial score (nSPS) is 15.5. The number of hydrogen-bond acceptors (Lipinski definition) is 5. The Kier molecular flexibility index (Phi) is 3.88. The lowest BCUT2D eigenvalue weighted by Crippen LogP contribution is -2.17. The number of benzene rings is 1. The largest absolute Gasteiger partial charge is 0.492 e. The number of aromatic nitrogens is 2. The molecule has 1 aromatic heterocycles. The maximum Gasteiger partial charge on any atom is 0.150 e. The molecule has 2 aromatic rings. The van der Waals surface area contributed by atoms with Crippen LogP contribution in [-0.4, -0.2) is 22.3 Å². The van der Waals surface area contributed by atoms with Crippen molar-refractivity contribution < 1.29 is 4.74 Å². The summed E-state index contributed by atoms with van der Waals surface area (Å²) in [6.07, 6.45) is 0.763. The van der Waals surface area contributed by atoms with Crippen molar-refractivity contribution in [2.24, 2.45) is 5.10 Å². The quantitative estimate of drug-likeness (QED) is 0.846. The molecule has 0 saturated heterocycles. The summed E-state index contributed by atoms with van der Waals surface area (Å²) in [6.45, 7) is 4.44. The lowest BCUT2D eigenvalue weighted by Gasteiger charge is -2.19. The number of hydrazone groups is 1. The van der Waals surface area contributed by atoms with Crippen LogP contribution in [0.3, 0.4) is 0 Å². The van der Waals surface area contributed by atoms with Gasteiger partial charge in [-0.1, -0.05) is 15.9 Å². The highest BCUT2D eigenvalue weighted by Crippen LogP contribution is 2.28. The van der Waals surface area contributed by atoms with Crippen LogP contribution in [0.15, 0.2) is 33.8 Å². The van der Waals surface area contributed by atoms with Gasteiger partial charge in [0.25, 0.3) is 0 Å². The van der Waals surface area contributed by atoms with E-state index in [-0.39, 0.29) is 0 Å². The van der Waals surface area contributed by atoms with Crippen molar-refractivity contribution in [2.45, 2.75) is 20.3 Å². The minimum atomic E-state index is 0.636. The van der Waals surface area contributed by atoms with Crippen molar-refractivity contribution in [3.63, 3.8) is 0 Å². The molecule has 0 fully saturated rings. The molecule has 0 spiro atoms. The number of rotatable bonds is 2. The topological polar surface area (TPSA) is 59.4 Å². The Morgan fingerprint density at radius 3 is 2.90 bits per heavy atom. The van der Waals surface area contributed by atoms with Gasteiger partial charge in [-0.05, 0) is 32.0 Å². The Bertz CT molecular complexity index is 695. The van der Waals surface area contributed by atoms with E-state index in [2.05, 4.69) is 36.4 Å². The maximum absolute atomic E-state index is 5.64. The van der Waals surface area contributed by atoms with Gasteiger partial charge in [-0.2, -0.15) is 5.10 Å². The Morgan fingerprint density at radius 1 is 1.24 bits per heavy atom. The Morgan fingerprint density at radius 2 is 2.10 bits per heavy atom. The van der Waals surface area contributed by atoms with Crippen LogP contribution in [0.5, 0.6) is 5.75 Å². The lowest BCUT2D eigenvalue weighted by molar-refractivity contribution is 0.320. The van der Waals surface area contributed by atoms with E-state index >= 15 is 0 Å². The molecule has 1 aliphatic rings. The highest BCUT2D eigenvalue weighted by atomic mass is 79.9. The molecule has 0 unspecified atom stereocenters. The van der Waals surface area contributed by atoms with E-state index in [1.165, 1.54) is 0 Å². The zero-order chi connectivity index (χ0) is 14.8. The highest BCUT2D eigenvalue weighted by Gasteiger charge is 2.17. The Balaban J connectivity index is 1.89. The molecule has 2 heterocycles. The molecule has 3 rings (SSSR count). The summed E-state index contributed by atoms with van der Waals surface area (Å²) in [5.74, 6) is 2.29. The predicted molar refractivity (Wildman–Crippen MR) is 85.9 cm³/mol. The number of anilines is 1. The van der Waals surface area contributed by atoms with Gasteiger partial charge in [-0.25, -0.2) is 9.97 Å². The van der Waals surface area contributed by atoms with Crippen LogP contribution in [0, 0.1) is 13.8 Å². The van der Waals surface area contributed by atoms with Crippen molar-refractivity contribution in [3.05, 3.63) is 45.8 Å². The number of halogens is 1. The average molecular weight is 347 g/mol. The van der Waals surface area contributed by atoms with E-state index in [0.717, 1.165) is 39.4 Å². The van der Waals surface area contributed by atoms with E-state index in [1.807, 2.05) is 38.1 Å². The minimum Gasteiger partial charge on any atom is -0.492 e. The summed E-state index contributed by atoms with van der Waals surface area (Å²) in [7, 11) is 0. The van der Waals surface area contributed by atoms with Crippen LogP contribution in [0.4, 0.5) is 5.82 Å². The molecule has 21 heavy (non-hydrogen) atoms. The number of ether oxygens (including phenoxy) is 1. The van der Waals surface area contributed by atoms with Gasteiger partial charge in [0.05, 0.1) is 12.3 Å². The molecular formula is C15H15BrN4O. The fourth-order valence-electron chi connectivity index (χ4n) is 2.26. The predicted octanol–water partition coefficient (Wildman–Crippen LogP) is 3.45.